The van der Waals surface area contributed by atoms with Gasteiger partial charge in [-0.1, -0.05) is 19.9 Å². The van der Waals surface area contributed by atoms with Crippen molar-refractivity contribution in [1.82, 2.24) is 0 Å². The highest BCUT2D eigenvalue weighted by molar-refractivity contribution is 5.63. The highest BCUT2D eigenvalue weighted by Gasteiger charge is 2.11. The number of rotatable bonds is 5. The van der Waals surface area contributed by atoms with Gasteiger partial charge in [-0.25, -0.2) is 0 Å². The van der Waals surface area contributed by atoms with Crippen molar-refractivity contribution in [3.05, 3.63) is 29.3 Å². The van der Waals surface area contributed by atoms with Crippen LogP contribution in [0.1, 0.15) is 30.9 Å². The zero-order chi connectivity index (χ0) is 12.1. The molecule has 0 aliphatic carbocycles. The van der Waals surface area contributed by atoms with Crippen LogP contribution >= 0.6 is 0 Å². The molecule has 1 unspecified atom stereocenters. The van der Waals surface area contributed by atoms with Crippen molar-refractivity contribution < 1.29 is 18.3 Å². The summed E-state index contributed by atoms with van der Waals surface area (Å²) in [7, 11) is 0. The van der Waals surface area contributed by atoms with E-state index in [1.54, 1.807) is 19.1 Å². The van der Waals surface area contributed by atoms with Crippen molar-refractivity contribution in [2.75, 3.05) is 0 Å². The van der Waals surface area contributed by atoms with E-state index in [0.29, 0.717) is 6.42 Å². The largest absolute Gasteiger partial charge is 0.435 e. The Bertz CT molecular complexity index is 364. The Balaban J connectivity index is 3.01. The Hall–Kier alpha value is -1.45. The van der Waals surface area contributed by atoms with Crippen LogP contribution in [0.15, 0.2) is 18.2 Å². The summed E-state index contributed by atoms with van der Waals surface area (Å²) in [6, 6.07) is 4.68. The fraction of sp³-hybridized carbons (Fsp3) is 0.417. The lowest BCUT2D eigenvalue weighted by Crippen LogP contribution is -2.04. The van der Waals surface area contributed by atoms with Crippen molar-refractivity contribution in [3.8, 4) is 5.75 Å². The number of hydrogen-bond acceptors (Lipinski definition) is 2. The number of ether oxygens (including phenoxy) is 1. The summed E-state index contributed by atoms with van der Waals surface area (Å²) >= 11 is 0. The van der Waals surface area contributed by atoms with E-state index in [-0.39, 0.29) is 11.7 Å². The minimum absolute atomic E-state index is 0.133. The molecule has 1 atom stereocenters. The molecule has 0 heterocycles. The minimum atomic E-state index is -2.82. The van der Waals surface area contributed by atoms with E-state index in [9.17, 15) is 13.6 Å². The summed E-state index contributed by atoms with van der Waals surface area (Å²) in [5, 5.41) is 0. The third kappa shape index (κ3) is 3.02. The van der Waals surface area contributed by atoms with Gasteiger partial charge in [0.1, 0.15) is 12.0 Å². The minimum Gasteiger partial charge on any atom is -0.435 e. The fourth-order valence-electron chi connectivity index (χ4n) is 1.58. The summed E-state index contributed by atoms with van der Waals surface area (Å²) in [5.74, 6) is -0.0933. The molecule has 0 N–H and O–H groups in total. The number of hydrogen-bond donors (Lipinski definition) is 0. The monoisotopic (exact) mass is 228 g/mol. The van der Waals surface area contributed by atoms with Gasteiger partial charge in [0.15, 0.2) is 0 Å². The molecule has 0 aliphatic heterocycles. The van der Waals surface area contributed by atoms with Gasteiger partial charge in [-0.05, 0) is 29.7 Å². The first-order valence-corrected chi connectivity index (χ1v) is 5.11. The molecule has 0 radical (unpaired) electrons. The molecule has 0 saturated heterocycles. The first-order chi connectivity index (χ1) is 7.58. The second-order valence-electron chi connectivity index (χ2n) is 3.52. The predicted octanol–water partition coefficient (Wildman–Crippen LogP) is 3.15. The Morgan fingerprint density at radius 3 is 2.62 bits per heavy atom. The molecule has 0 aliphatic rings. The maximum atomic E-state index is 12.0. The van der Waals surface area contributed by atoms with Crippen LogP contribution in [-0.4, -0.2) is 12.9 Å². The molecule has 0 amide bonds. The molecule has 88 valence electrons. The van der Waals surface area contributed by atoms with E-state index in [4.69, 9.17) is 0 Å². The summed E-state index contributed by atoms with van der Waals surface area (Å²) in [6.07, 6.45) is 1.51. The van der Waals surface area contributed by atoms with Crippen LogP contribution in [0.4, 0.5) is 8.78 Å². The number of alkyl halides is 2. The fourth-order valence-corrected chi connectivity index (χ4v) is 1.58. The predicted molar refractivity (Wildman–Crippen MR) is 56.9 cm³/mol. The summed E-state index contributed by atoms with van der Waals surface area (Å²) in [5.41, 5.74) is 1.72. The number of carbonyl (C=O) groups excluding carboxylic acids is 1. The average Bonchev–Trinajstić information content (AvgIpc) is 2.27. The maximum absolute atomic E-state index is 12.0. The van der Waals surface area contributed by atoms with Crippen LogP contribution < -0.4 is 4.74 Å². The van der Waals surface area contributed by atoms with E-state index in [2.05, 4.69) is 4.74 Å². The molecule has 2 nitrogen and oxygen atoms in total. The van der Waals surface area contributed by atoms with E-state index in [1.165, 1.54) is 6.07 Å². The van der Waals surface area contributed by atoms with Gasteiger partial charge in [-0.3, -0.25) is 0 Å². The van der Waals surface area contributed by atoms with Crippen molar-refractivity contribution >= 4 is 6.29 Å². The van der Waals surface area contributed by atoms with E-state index in [1.807, 2.05) is 6.92 Å². The van der Waals surface area contributed by atoms with Crippen molar-refractivity contribution in [3.63, 3.8) is 0 Å². The van der Waals surface area contributed by atoms with E-state index >= 15 is 0 Å². The molecule has 0 bridgehead atoms. The summed E-state index contributed by atoms with van der Waals surface area (Å²) in [4.78, 5) is 10.7. The zero-order valence-electron chi connectivity index (χ0n) is 9.24. The molecule has 0 aromatic heterocycles. The van der Waals surface area contributed by atoms with Crippen LogP contribution in [0, 0.1) is 0 Å². The summed E-state index contributed by atoms with van der Waals surface area (Å²) in [6.45, 7) is 0.858. The average molecular weight is 228 g/mol. The molecule has 0 spiro atoms. The first-order valence-electron chi connectivity index (χ1n) is 5.11. The molecule has 0 fully saturated rings. The molecule has 1 rings (SSSR count). The molecule has 4 heteroatoms. The molecule has 16 heavy (non-hydrogen) atoms. The Kier molecular flexibility index (Phi) is 4.40. The van der Waals surface area contributed by atoms with Crippen molar-refractivity contribution in [2.24, 2.45) is 0 Å². The number of aldehydes is 1. The third-order valence-electron chi connectivity index (χ3n) is 2.42. The standard InChI is InChI=1S/C12H14F2O2/c1-3-9-6-10(16-12(13)14)4-5-11(9)8(2)7-15/h4-8,12H,3H2,1-2H3. The van der Waals surface area contributed by atoms with Gasteiger partial charge in [0.05, 0.1) is 0 Å². The van der Waals surface area contributed by atoms with Crippen LogP contribution in [0.25, 0.3) is 0 Å². The number of benzene rings is 1. The van der Waals surface area contributed by atoms with Gasteiger partial charge in [-0.15, -0.1) is 0 Å². The summed E-state index contributed by atoms with van der Waals surface area (Å²) < 4.78 is 28.3. The van der Waals surface area contributed by atoms with Crippen LogP contribution in [0.3, 0.4) is 0 Å². The van der Waals surface area contributed by atoms with E-state index in [0.717, 1.165) is 17.4 Å². The van der Waals surface area contributed by atoms with Crippen LogP contribution in [-0.2, 0) is 11.2 Å². The van der Waals surface area contributed by atoms with Gasteiger partial charge in [0, 0.05) is 5.92 Å². The normalized spacial score (nSPS) is 12.6. The second kappa shape index (κ2) is 5.58. The quantitative estimate of drug-likeness (QED) is 0.723. The maximum Gasteiger partial charge on any atom is 0.387 e. The highest BCUT2D eigenvalue weighted by Crippen LogP contribution is 2.24. The highest BCUT2D eigenvalue weighted by atomic mass is 19.3. The first kappa shape index (κ1) is 12.6. The smallest absolute Gasteiger partial charge is 0.387 e. The third-order valence-corrected chi connectivity index (χ3v) is 2.42. The Morgan fingerprint density at radius 1 is 1.44 bits per heavy atom. The number of aryl methyl sites for hydroxylation is 1. The van der Waals surface area contributed by atoms with Crippen LogP contribution in [0.5, 0.6) is 5.75 Å². The van der Waals surface area contributed by atoms with Gasteiger partial charge in [0.25, 0.3) is 0 Å². The lowest BCUT2D eigenvalue weighted by Gasteiger charge is -2.12. The molecule has 1 aromatic rings. The molecular weight excluding hydrogens is 214 g/mol. The van der Waals surface area contributed by atoms with Crippen LogP contribution in [0.2, 0.25) is 0 Å². The van der Waals surface area contributed by atoms with Gasteiger partial charge in [0.2, 0.25) is 0 Å². The molecular formula is C12H14F2O2. The lowest BCUT2D eigenvalue weighted by atomic mass is 9.95. The number of halogens is 2. The van der Waals surface area contributed by atoms with Crippen molar-refractivity contribution in [2.45, 2.75) is 32.8 Å². The molecule has 1 aromatic carbocycles. The lowest BCUT2D eigenvalue weighted by molar-refractivity contribution is -0.108. The van der Waals surface area contributed by atoms with Crippen molar-refractivity contribution in [1.29, 1.82) is 0 Å². The van der Waals surface area contributed by atoms with Gasteiger partial charge < -0.3 is 9.53 Å². The molecule has 0 saturated carbocycles. The van der Waals surface area contributed by atoms with E-state index < -0.39 is 6.61 Å². The topological polar surface area (TPSA) is 26.3 Å². The zero-order valence-corrected chi connectivity index (χ0v) is 9.24. The SMILES string of the molecule is CCc1cc(OC(F)F)ccc1C(C)C=O. The second-order valence-corrected chi connectivity index (χ2v) is 3.52. The number of carbonyl (C=O) groups is 1. The van der Waals surface area contributed by atoms with Gasteiger partial charge in [-0.2, -0.15) is 8.78 Å². The Labute approximate surface area is 93.2 Å². The Morgan fingerprint density at radius 2 is 2.12 bits per heavy atom. The van der Waals surface area contributed by atoms with Gasteiger partial charge >= 0.3 is 6.61 Å².